The second-order valence-corrected chi connectivity index (χ2v) is 7.92. The van der Waals surface area contributed by atoms with Gasteiger partial charge >= 0.3 is 0 Å². The van der Waals surface area contributed by atoms with Gasteiger partial charge in [-0.3, -0.25) is 19.0 Å². The van der Waals surface area contributed by atoms with Gasteiger partial charge in [0.25, 0.3) is 11.5 Å². The fourth-order valence-corrected chi connectivity index (χ4v) is 3.40. The van der Waals surface area contributed by atoms with E-state index in [0.717, 1.165) is 0 Å². The van der Waals surface area contributed by atoms with Crippen molar-refractivity contribution in [3.63, 3.8) is 0 Å². The van der Waals surface area contributed by atoms with Crippen molar-refractivity contribution in [3.8, 4) is 0 Å². The molecular weight excluding hydrogens is 516 g/mol. The first kappa shape index (κ1) is 22.3. The first-order valence-electron chi connectivity index (χ1n) is 9.06. The third-order valence-corrected chi connectivity index (χ3v) is 5.00. The lowest BCUT2D eigenvalue weighted by molar-refractivity contribution is -0.114. The van der Waals surface area contributed by atoms with E-state index in [1.165, 1.54) is 36.7 Å². The first-order chi connectivity index (χ1) is 14.7. The van der Waals surface area contributed by atoms with Gasteiger partial charge in [-0.05, 0) is 59.0 Å². The van der Waals surface area contributed by atoms with Gasteiger partial charge < -0.3 is 21.7 Å². The Balaban J connectivity index is 2.08. The summed E-state index contributed by atoms with van der Waals surface area (Å²) in [5.74, 6) is -1.56. The molecule has 31 heavy (non-hydrogen) atoms. The Hall–Kier alpha value is -3.41. The Morgan fingerprint density at radius 2 is 1.74 bits per heavy atom. The van der Waals surface area contributed by atoms with Crippen LogP contribution in [0.15, 0.2) is 53.3 Å². The summed E-state index contributed by atoms with van der Waals surface area (Å²) in [5, 5.41) is 8.45. The van der Waals surface area contributed by atoms with Crippen molar-refractivity contribution < 1.29 is 14.0 Å². The number of nitrogens with zero attached hydrogens (tertiary/aromatic N) is 1. The molecule has 10 heteroatoms. The average Bonchev–Trinajstić information content (AvgIpc) is 2.67. The highest BCUT2D eigenvalue weighted by Gasteiger charge is 2.20. The number of nitrogens with two attached hydrogens (primary N) is 1. The quantitative estimate of drug-likeness (QED) is 0.360. The number of hydrogen-bond acceptors (Lipinski definition) is 5. The first-order valence-corrected chi connectivity index (χ1v) is 10.1. The average molecular weight is 535 g/mol. The van der Waals surface area contributed by atoms with E-state index in [1.54, 1.807) is 30.3 Å². The highest BCUT2D eigenvalue weighted by atomic mass is 127. The Labute approximate surface area is 190 Å². The fraction of sp³-hybridized carbons (Fsp3) is 0.0952. The maximum atomic E-state index is 14.4. The van der Waals surface area contributed by atoms with Crippen molar-refractivity contribution in [2.45, 2.75) is 6.92 Å². The van der Waals surface area contributed by atoms with Crippen molar-refractivity contribution >= 4 is 63.0 Å². The van der Waals surface area contributed by atoms with Crippen LogP contribution in [-0.2, 0) is 11.8 Å². The van der Waals surface area contributed by atoms with Gasteiger partial charge in [0.15, 0.2) is 0 Å². The SMILES string of the molecule is CC(=O)Nc1cccc(Nc2cc(=O)n(C)c(Nc3ccc(I)cc3F)c2C(N)=O)c1. The standard InChI is InChI=1S/C21H19FIN5O3/c1-11(29)25-13-4-3-5-14(9-13)26-17-10-18(30)28(2)21(19(17)20(24)31)27-16-7-6-12(23)8-15(16)22/h3-10,26-27H,1-2H3,(H2,24,31)(H,25,29). The largest absolute Gasteiger partial charge is 0.365 e. The topological polar surface area (TPSA) is 118 Å². The molecule has 0 aliphatic carbocycles. The molecule has 0 fully saturated rings. The molecule has 2 amide bonds. The van der Waals surface area contributed by atoms with Gasteiger partial charge in [-0.15, -0.1) is 0 Å². The molecule has 0 aliphatic rings. The minimum atomic E-state index is -0.815. The summed E-state index contributed by atoms with van der Waals surface area (Å²) in [6.07, 6.45) is 0. The molecule has 3 rings (SSSR count). The van der Waals surface area contributed by atoms with Crippen LogP contribution < -0.4 is 27.2 Å². The van der Waals surface area contributed by atoms with Gasteiger partial charge in [-0.2, -0.15) is 0 Å². The molecule has 0 bridgehead atoms. The Morgan fingerprint density at radius 3 is 2.39 bits per heavy atom. The van der Waals surface area contributed by atoms with E-state index in [2.05, 4.69) is 16.0 Å². The number of carbonyl (C=O) groups is 2. The van der Waals surface area contributed by atoms with E-state index in [1.807, 2.05) is 22.6 Å². The molecule has 1 aromatic heterocycles. The van der Waals surface area contributed by atoms with Gasteiger partial charge in [-0.1, -0.05) is 6.07 Å². The molecule has 160 valence electrons. The van der Waals surface area contributed by atoms with E-state index in [4.69, 9.17) is 5.73 Å². The lowest BCUT2D eigenvalue weighted by atomic mass is 10.1. The van der Waals surface area contributed by atoms with Gasteiger partial charge in [0.2, 0.25) is 5.91 Å². The minimum Gasteiger partial charge on any atom is -0.365 e. The lowest BCUT2D eigenvalue weighted by Crippen LogP contribution is -2.26. The van der Waals surface area contributed by atoms with Crippen LogP contribution in [0.4, 0.5) is 33.0 Å². The number of anilines is 5. The van der Waals surface area contributed by atoms with Crippen LogP contribution in [0.1, 0.15) is 17.3 Å². The van der Waals surface area contributed by atoms with Crippen LogP contribution in [0.5, 0.6) is 0 Å². The van der Waals surface area contributed by atoms with E-state index < -0.39 is 17.3 Å². The zero-order valence-electron chi connectivity index (χ0n) is 16.6. The van der Waals surface area contributed by atoms with E-state index in [9.17, 15) is 18.8 Å². The molecule has 1 heterocycles. The van der Waals surface area contributed by atoms with Gasteiger partial charge in [0.05, 0.1) is 11.4 Å². The van der Waals surface area contributed by atoms with Crippen LogP contribution in [0.2, 0.25) is 0 Å². The zero-order chi connectivity index (χ0) is 22.7. The van der Waals surface area contributed by atoms with Crippen LogP contribution in [0, 0.1) is 9.39 Å². The summed E-state index contributed by atoms with van der Waals surface area (Å²) in [6, 6.07) is 12.4. The zero-order valence-corrected chi connectivity index (χ0v) is 18.8. The molecule has 0 saturated carbocycles. The van der Waals surface area contributed by atoms with Gasteiger partial charge in [0.1, 0.15) is 17.2 Å². The maximum Gasteiger partial charge on any atom is 0.254 e. The second-order valence-electron chi connectivity index (χ2n) is 6.68. The van der Waals surface area contributed by atoms with E-state index in [-0.39, 0.29) is 28.7 Å². The molecule has 3 aromatic rings. The van der Waals surface area contributed by atoms with Gasteiger partial charge in [-0.25, -0.2) is 4.39 Å². The number of pyridine rings is 1. The number of carbonyl (C=O) groups excluding carboxylic acids is 2. The molecule has 0 aliphatic heterocycles. The molecule has 0 unspecified atom stereocenters. The third-order valence-electron chi connectivity index (χ3n) is 4.33. The predicted molar refractivity (Wildman–Crippen MR) is 127 cm³/mol. The summed E-state index contributed by atoms with van der Waals surface area (Å²) in [6.45, 7) is 1.38. The number of primary amides is 1. The number of rotatable bonds is 6. The van der Waals surface area contributed by atoms with Crippen molar-refractivity contribution in [3.05, 3.63) is 73.8 Å². The van der Waals surface area contributed by atoms with E-state index in [0.29, 0.717) is 14.9 Å². The molecule has 2 aromatic carbocycles. The summed E-state index contributed by atoms with van der Waals surface area (Å²) >= 11 is 1.98. The molecular formula is C21H19FIN5O3. The van der Waals surface area contributed by atoms with Crippen LogP contribution in [0.25, 0.3) is 0 Å². The van der Waals surface area contributed by atoms with Crippen LogP contribution >= 0.6 is 22.6 Å². The normalized spacial score (nSPS) is 10.5. The van der Waals surface area contributed by atoms with E-state index >= 15 is 0 Å². The van der Waals surface area contributed by atoms with Gasteiger partial charge in [0, 0.05) is 35.0 Å². The van der Waals surface area contributed by atoms with Crippen molar-refractivity contribution in [1.29, 1.82) is 0 Å². The highest BCUT2D eigenvalue weighted by Crippen LogP contribution is 2.29. The van der Waals surface area contributed by atoms with Crippen molar-refractivity contribution in [1.82, 2.24) is 4.57 Å². The lowest BCUT2D eigenvalue weighted by Gasteiger charge is -2.19. The smallest absolute Gasteiger partial charge is 0.254 e. The maximum absolute atomic E-state index is 14.4. The summed E-state index contributed by atoms with van der Waals surface area (Å²) in [5.41, 5.74) is 6.41. The number of hydrogen-bond donors (Lipinski definition) is 4. The minimum absolute atomic E-state index is 0.0232. The predicted octanol–water partition coefficient (Wildman–Crippen LogP) is 3.67. The Morgan fingerprint density at radius 1 is 1.03 bits per heavy atom. The molecule has 0 saturated heterocycles. The number of amides is 2. The van der Waals surface area contributed by atoms with Crippen LogP contribution in [-0.4, -0.2) is 16.4 Å². The Kier molecular flexibility index (Phi) is 6.59. The highest BCUT2D eigenvalue weighted by molar-refractivity contribution is 14.1. The summed E-state index contributed by atoms with van der Waals surface area (Å²) < 4.78 is 16.2. The monoisotopic (exact) mass is 535 g/mol. The van der Waals surface area contributed by atoms with Crippen LogP contribution in [0.3, 0.4) is 0 Å². The summed E-state index contributed by atoms with van der Waals surface area (Å²) in [4.78, 5) is 36.2. The summed E-state index contributed by atoms with van der Waals surface area (Å²) in [7, 11) is 1.45. The van der Waals surface area contributed by atoms with Crippen molar-refractivity contribution in [2.24, 2.45) is 12.8 Å². The fourth-order valence-electron chi connectivity index (χ4n) is 2.94. The second kappa shape index (κ2) is 9.16. The molecule has 5 N–H and O–H groups in total. The molecule has 0 radical (unpaired) electrons. The number of nitrogens with one attached hydrogen (secondary N) is 3. The van der Waals surface area contributed by atoms with Crippen molar-refractivity contribution in [2.75, 3.05) is 16.0 Å². The molecule has 8 nitrogen and oxygen atoms in total. The number of halogens is 2. The number of benzene rings is 2. The third kappa shape index (κ3) is 5.20. The number of aromatic nitrogens is 1. The molecule has 0 spiro atoms. The Bertz CT molecular complexity index is 1240. The molecule has 0 atom stereocenters.